The standard InChI is InChI=1S/C69H122O6/c1-4-7-10-13-16-19-22-25-28-30-31-32-33-34-35-36-37-39-41-44-47-50-53-56-59-62-68(71)74-65-66(64-73-67(70)61-58-55-52-49-46-43-40-27-24-21-18-15-12-9-6-3)75-69(72)63-60-57-54-51-48-45-42-38-29-26-23-20-17-14-11-8-5-2/h7,10,16,19,25-29,31-32,40,66H,4-6,8-9,11-15,17-18,20-24,30,33-39,41-65H2,1-3H3/b10-7-,19-16-,28-25-,29-26-,32-31-,40-27-. The van der Waals surface area contributed by atoms with E-state index in [1.54, 1.807) is 0 Å². The molecule has 0 saturated carbocycles. The molecule has 6 heteroatoms. The van der Waals surface area contributed by atoms with Crippen LogP contribution in [0.2, 0.25) is 0 Å². The molecule has 0 amide bonds. The molecule has 1 unspecified atom stereocenters. The van der Waals surface area contributed by atoms with Gasteiger partial charge in [0.2, 0.25) is 0 Å². The maximum atomic E-state index is 12.9. The van der Waals surface area contributed by atoms with Gasteiger partial charge in [-0.1, -0.05) is 273 Å². The van der Waals surface area contributed by atoms with Gasteiger partial charge in [-0.25, -0.2) is 0 Å². The Hall–Kier alpha value is -3.15. The highest BCUT2D eigenvalue weighted by molar-refractivity contribution is 5.71. The molecule has 0 radical (unpaired) electrons. The summed E-state index contributed by atoms with van der Waals surface area (Å²) < 4.78 is 16.9. The molecule has 0 rings (SSSR count). The molecule has 0 aliphatic heterocycles. The highest BCUT2D eigenvalue weighted by Crippen LogP contribution is 2.16. The van der Waals surface area contributed by atoms with Crippen LogP contribution < -0.4 is 0 Å². The molecule has 434 valence electrons. The monoisotopic (exact) mass is 1050 g/mol. The molecule has 0 N–H and O–H groups in total. The molecular formula is C69H122O6. The summed E-state index contributed by atoms with van der Waals surface area (Å²) in [4.78, 5) is 38.3. The molecule has 6 nitrogen and oxygen atoms in total. The van der Waals surface area contributed by atoms with E-state index in [0.717, 1.165) is 89.9 Å². The van der Waals surface area contributed by atoms with Crippen LogP contribution in [0.1, 0.15) is 329 Å². The quantitative estimate of drug-likeness (QED) is 0.0261. The fourth-order valence-electron chi connectivity index (χ4n) is 9.31. The van der Waals surface area contributed by atoms with Gasteiger partial charge in [0.25, 0.3) is 0 Å². The molecule has 0 aromatic heterocycles. The van der Waals surface area contributed by atoms with Crippen LogP contribution in [0.3, 0.4) is 0 Å². The van der Waals surface area contributed by atoms with E-state index in [9.17, 15) is 14.4 Å². The molecule has 0 heterocycles. The van der Waals surface area contributed by atoms with Gasteiger partial charge in [0, 0.05) is 19.3 Å². The van der Waals surface area contributed by atoms with Crippen LogP contribution in [-0.4, -0.2) is 37.2 Å². The van der Waals surface area contributed by atoms with Crippen LogP contribution in [0.25, 0.3) is 0 Å². The minimum absolute atomic E-state index is 0.0786. The summed E-state index contributed by atoms with van der Waals surface area (Å²) in [5.74, 6) is -0.878. The van der Waals surface area contributed by atoms with E-state index in [1.165, 1.54) is 199 Å². The smallest absolute Gasteiger partial charge is 0.306 e. The van der Waals surface area contributed by atoms with Crippen LogP contribution >= 0.6 is 0 Å². The summed E-state index contributed by atoms with van der Waals surface area (Å²) in [6, 6.07) is 0. The van der Waals surface area contributed by atoms with E-state index in [0.29, 0.717) is 19.3 Å². The van der Waals surface area contributed by atoms with Crippen molar-refractivity contribution in [1.29, 1.82) is 0 Å². The van der Waals surface area contributed by atoms with Gasteiger partial charge in [-0.2, -0.15) is 0 Å². The van der Waals surface area contributed by atoms with Gasteiger partial charge in [0.1, 0.15) is 13.2 Å². The number of carbonyl (C=O) groups excluding carboxylic acids is 3. The number of ether oxygens (including phenoxy) is 3. The lowest BCUT2D eigenvalue weighted by Gasteiger charge is -2.18. The highest BCUT2D eigenvalue weighted by atomic mass is 16.6. The average Bonchev–Trinajstić information content (AvgIpc) is 3.41. The third kappa shape index (κ3) is 61.6. The summed E-state index contributed by atoms with van der Waals surface area (Å²) in [6.45, 7) is 6.55. The van der Waals surface area contributed by atoms with Crippen molar-refractivity contribution in [3.63, 3.8) is 0 Å². The molecule has 75 heavy (non-hydrogen) atoms. The maximum Gasteiger partial charge on any atom is 0.306 e. The van der Waals surface area contributed by atoms with Crippen LogP contribution in [0.5, 0.6) is 0 Å². The van der Waals surface area contributed by atoms with E-state index >= 15 is 0 Å². The van der Waals surface area contributed by atoms with E-state index in [4.69, 9.17) is 14.2 Å². The fraction of sp³-hybridized carbons (Fsp3) is 0.783. The number of unbranched alkanes of at least 4 members (excludes halogenated alkanes) is 36. The van der Waals surface area contributed by atoms with Crippen LogP contribution in [0, 0.1) is 0 Å². The van der Waals surface area contributed by atoms with E-state index in [-0.39, 0.29) is 31.1 Å². The first-order chi connectivity index (χ1) is 37.0. The summed E-state index contributed by atoms with van der Waals surface area (Å²) >= 11 is 0. The first kappa shape index (κ1) is 71.8. The molecule has 0 bridgehead atoms. The van der Waals surface area contributed by atoms with Gasteiger partial charge in [-0.05, 0) is 109 Å². The number of carbonyl (C=O) groups is 3. The third-order valence-corrected chi connectivity index (χ3v) is 14.2. The zero-order valence-corrected chi connectivity index (χ0v) is 49.8. The molecular weight excluding hydrogens is 925 g/mol. The van der Waals surface area contributed by atoms with Crippen LogP contribution in [0.15, 0.2) is 72.9 Å². The Bertz CT molecular complexity index is 1390. The van der Waals surface area contributed by atoms with Crippen molar-refractivity contribution in [3.8, 4) is 0 Å². The second kappa shape index (κ2) is 63.4. The lowest BCUT2D eigenvalue weighted by Crippen LogP contribution is -2.30. The highest BCUT2D eigenvalue weighted by Gasteiger charge is 2.19. The van der Waals surface area contributed by atoms with Crippen LogP contribution in [-0.2, 0) is 28.6 Å². The second-order valence-corrected chi connectivity index (χ2v) is 21.6. The molecule has 1 atom stereocenters. The molecule has 0 saturated heterocycles. The first-order valence-electron chi connectivity index (χ1n) is 32.4. The molecule has 0 fully saturated rings. The number of hydrogen-bond acceptors (Lipinski definition) is 6. The van der Waals surface area contributed by atoms with Gasteiger partial charge < -0.3 is 14.2 Å². The zero-order valence-electron chi connectivity index (χ0n) is 49.8. The van der Waals surface area contributed by atoms with Gasteiger partial charge in [-0.3, -0.25) is 14.4 Å². The molecule has 0 aromatic carbocycles. The SMILES string of the molecule is CC/C=C\C/C=C\C/C=C\C/C=C\CCCCCCCCCCCCCCC(=O)OCC(COC(=O)CCCCCCC/C=C\CCCCCCCC)OC(=O)CCCCCCCCC/C=C\CCCCCCCC. The van der Waals surface area contributed by atoms with Crippen molar-refractivity contribution < 1.29 is 28.6 Å². The third-order valence-electron chi connectivity index (χ3n) is 14.2. The van der Waals surface area contributed by atoms with Gasteiger partial charge in [0.05, 0.1) is 0 Å². The van der Waals surface area contributed by atoms with E-state index < -0.39 is 6.10 Å². The summed E-state index contributed by atoms with van der Waals surface area (Å²) in [7, 11) is 0. The van der Waals surface area contributed by atoms with Gasteiger partial charge >= 0.3 is 17.9 Å². The maximum absolute atomic E-state index is 12.9. The van der Waals surface area contributed by atoms with Crippen molar-refractivity contribution >= 4 is 17.9 Å². The Balaban J connectivity index is 4.32. The zero-order chi connectivity index (χ0) is 54.3. The topological polar surface area (TPSA) is 78.9 Å². The van der Waals surface area contributed by atoms with Gasteiger partial charge in [-0.15, -0.1) is 0 Å². The first-order valence-corrected chi connectivity index (χ1v) is 32.4. The Labute approximate surface area is 465 Å². The summed E-state index contributed by atoms with van der Waals surface area (Å²) in [5, 5.41) is 0. The molecule has 0 aromatic rings. The predicted octanol–water partition coefficient (Wildman–Crippen LogP) is 22.1. The van der Waals surface area contributed by atoms with E-state index in [1.807, 2.05) is 0 Å². The number of esters is 3. The number of rotatable bonds is 59. The fourth-order valence-corrected chi connectivity index (χ4v) is 9.31. The average molecular weight is 1050 g/mol. The van der Waals surface area contributed by atoms with Gasteiger partial charge in [0.15, 0.2) is 6.10 Å². The Morgan fingerprint density at radius 3 is 0.827 bits per heavy atom. The lowest BCUT2D eigenvalue weighted by molar-refractivity contribution is -0.167. The van der Waals surface area contributed by atoms with Crippen molar-refractivity contribution in [2.24, 2.45) is 0 Å². The largest absolute Gasteiger partial charge is 0.462 e. The number of allylic oxidation sites excluding steroid dienone is 12. The number of hydrogen-bond donors (Lipinski definition) is 0. The summed E-state index contributed by atoms with van der Waals surface area (Å²) in [5.41, 5.74) is 0. The minimum Gasteiger partial charge on any atom is -0.462 e. The predicted molar refractivity (Wildman–Crippen MR) is 325 cm³/mol. The molecule has 0 aliphatic carbocycles. The molecule has 0 spiro atoms. The van der Waals surface area contributed by atoms with Crippen molar-refractivity contribution in [1.82, 2.24) is 0 Å². The van der Waals surface area contributed by atoms with Crippen molar-refractivity contribution in [2.45, 2.75) is 335 Å². The Morgan fingerprint density at radius 2 is 0.520 bits per heavy atom. The van der Waals surface area contributed by atoms with Crippen molar-refractivity contribution in [3.05, 3.63) is 72.9 Å². The minimum atomic E-state index is -0.782. The Kier molecular flexibility index (Phi) is 60.7. The van der Waals surface area contributed by atoms with Crippen molar-refractivity contribution in [2.75, 3.05) is 13.2 Å². The lowest BCUT2D eigenvalue weighted by atomic mass is 10.0. The van der Waals surface area contributed by atoms with Crippen LogP contribution in [0.4, 0.5) is 0 Å². The summed E-state index contributed by atoms with van der Waals surface area (Å²) in [6.07, 6.45) is 81.9. The normalized spacial score (nSPS) is 12.5. The second-order valence-electron chi connectivity index (χ2n) is 21.6. The van der Waals surface area contributed by atoms with E-state index in [2.05, 4.69) is 93.7 Å². The molecule has 0 aliphatic rings. The Morgan fingerprint density at radius 1 is 0.280 bits per heavy atom.